The van der Waals surface area contributed by atoms with Crippen LogP contribution in [0.15, 0.2) is 48.5 Å². The molecule has 2 heteroatoms. The van der Waals surface area contributed by atoms with E-state index in [9.17, 15) is 0 Å². The van der Waals surface area contributed by atoms with Crippen molar-refractivity contribution in [2.75, 3.05) is 17.3 Å². The van der Waals surface area contributed by atoms with E-state index in [1.165, 1.54) is 22.5 Å². The first-order valence-corrected chi connectivity index (χ1v) is 7.30. The fourth-order valence-corrected chi connectivity index (χ4v) is 2.95. The summed E-state index contributed by atoms with van der Waals surface area (Å²) in [5, 5.41) is 3.69. The van der Waals surface area contributed by atoms with Crippen LogP contribution >= 0.6 is 0 Å². The van der Waals surface area contributed by atoms with Gasteiger partial charge in [-0.05, 0) is 44.0 Å². The highest BCUT2D eigenvalue weighted by Crippen LogP contribution is 2.37. The maximum absolute atomic E-state index is 3.69. The van der Waals surface area contributed by atoms with Gasteiger partial charge >= 0.3 is 0 Å². The molecule has 2 nitrogen and oxygen atoms in total. The molecular weight excluding hydrogens is 244 g/mol. The molecule has 0 amide bonds. The molecular formula is C18H22N2. The van der Waals surface area contributed by atoms with Gasteiger partial charge < -0.3 is 10.2 Å². The number of anilines is 2. The molecule has 0 bridgehead atoms. The van der Waals surface area contributed by atoms with Gasteiger partial charge in [-0.25, -0.2) is 0 Å². The second-order valence-corrected chi connectivity index (χ2v) is 5.82. The summed E-state index contributed by atoms with van der Waals surface area (Å²) in [6.07, 6.45) is 1.13. The van der Waals surface area contributed by atoms with Crippen molar-refractivity contribution in [2.24, 2.45) is 0 Å². The van der Waals surface area contributed by atoms with E-state index in [0.717, 1.165) is 6.42 Å². The summed E-state index contributed by atoms with van der Waals surface area (Å²) in [7, 11) is 2.19. The maximum atomic E-state index is 3.69. The Bertz CT molecular complexity index is 589. The zero-order valence-corrected chi connectivity index (χ0v) is 12.4. The number of aryl methyl sites for hydroxylation is 1. The van der Waals surface area contributed by atoms with Crippen LogP contribution in [-0.2, 0) is 0 Å². The quantitative estimate of drug-likeness (QED) is 0.868. The Balaban J connectivity index is 1.90. The molecule has 0 spiro atoms. The molecule has 0 aromatic heterocycles. The lowest BCUT2D eigenvalue weighted by atomic mass is 9.92. The lowest BCUT2D eigenvalue weighted by Crippen LogP contribution is -2.37. The summed E-state index contributed by atoms with van der Waals surface area (Å²) in [4.78, 5) is 2.38. The number of nitrogens with one attached hydrogen (secondary N) is 1. The molecule has 3 rings (SSSR count). The van der Waals surface area contributed by atoms with Gasteiger partial charge in [-0.15, -0.1) is 0 Å². The molecule has 2 aromatic carbocycles. The number of hydrogen-bond donors (Lipinski definition) is 1. The van der Waals surface area contributed by atoms with Crippen LogP contribution < -0.4 is 10.2 Å². The minimum absolute atomic E-state index is 0.389. The molecule has 1 N–H and O–H groups in total. The Morgan fingerprint density at radius 1 is 1.05 bits per heavy atom. The zero-order valence-electron chi connectivity index (χ0n) is 12.4. The monoisotopic (exact) mass is 266 g/mol. The highest BCUT2D eigenvalue weighted by atomic mass is 15.2. The molecule has 0 saturated heterocycles. The van der Waals surface area contributed by atoms with Gasteiger partial charge in [-0.2, -0.15) is 0 Å². The van der Waals surface area contributed by atoms with Crippen molar-refractivity contribution < 1.29 is 0 Å². The minimum Gasteiger partial charge on any atom is -0.378 e. The first-order chi connectivity index (χ1) is 9.65. The number of rotatable bonds is 2. The Hall–Kier alpha value is -1.96. The Kier molecular flexibility index (Phi) is 3.39. The number of para-hydroxylation sites is 1. The largest absolute Gasteiger partial charge is 0.378 e. The van der Waals surface area contributed by atoms with Crippen molar-refractivity contribution in [1.29, 1.82) is 0 Å². The van der Waals surface area contributed by atoms with Crippen LogP contribution in [0.3, 0.4) is 0 Å². The van der Waals surface area contributed by atoms with Crippen molar-refractivity contribution in [3.05, 3.63) is 59.7 Å². The van der Waals surface area contributed by atoms with E-state index in [2.05, 4.69) is 79.6 Å². The van der Waals surface area contributed by atoms with E-state index >= 15 is 0 Å². The highest BCUT2D eigenvalue weighted by molar-refractivity contribution is 5.60. The predicted molar refractivity (Wildman–Crippen MR) is 86.5 cm³/mol. The van der Waals surface area contributed by atoms with Gasteiger partial charge in [0.25, 0.3) is 0 Å². The van der Waals surface area contributed by atoms with E-state index in [1.54, 1.807) is 0 Å². The molecule has 0 radical (unpaired) electrons. The minimum atomic E-state index is 0.389. The Labute approximate surface area is 121 Å². The summed E-state index contributed by atoms with van der Waals surface area (Å²) in [5.74, 6) is 0. The van der Waals surface area contributed by atoms with Crippen LogP contribution in [0.25, 0.3) is 0 Å². The van der Waals surface area contributed by atoms with E-state index in [0.29, 0.717) is 12.1 Å². The van der Waals surface area contributed by atoms with E-state index in [-0.39, 0.29) is 0 Å². The zero-order chi connectivity index (χ0) is 14.1. The molecule has 0 fully saturated rings. The lowest BCUT2D eigenvalue weighted by molar-refractivity contribution is 0.540. The van der Waals surface area contributed by atoms with Crippen LogP contribution in [-0.4, -0.2) is 13.1 Å². The van der Waals surface area contributed by atoms with Crippen molar-refractivity contribution >= 4 is 11.4 Å². The summed E-state index contributed by atoms with van der Waals surface area (Å²) in [6, 6.07) is 18.3. The fourth-order valence-electron chi connectivity index (χ4n) is 2.95. The van der Waals surface area contributed by atoms with E-state index < -0.39 is 0 Å². The molecule has 2 aromatic rings. The summed E-state index contributed by atoms with van der Waals surface area (Å²) in [6.45, 7) is 4.41. The third kappa shape index (κ3) is 2.38. The second-order valence-electron chi connectivity index (χ2n) is 5.82. The first kappa shape index (κ1) is 13.0. The lowest BCUT2D eigenvalue weighted by Gasteiger charge is -2.39. The van der Waals surface area contributed by atoms with Gasteiger partial charge in [0.2, 0.25) is 0 Å². The van der Waals surface area contributed by atoms with Crippen LogP contribution in [0, 0.1) is 6.92 Å². The number of fused-ring (bicyclic) bond motifs is 1. The van der Waals surface area contributed by atoms with Crippen LogP contribution in [0.5, 0.6) is 0 Å². The van der Waals surface area contributed by atoms with Crippen molar-refractivity contribution in [1.82, 2.24) is 0 Å². The van der Waals surface area contributed by atoms with Gasteiger partial charge in [0.15, 0.2) is 0 Å². The normalized spacial score (nSPS) is 21.4. The molecule has 1 aliphatic rings. The standard InChI is InChI=1S/C18H22N2/c1-13-8-10-15(11-9-13)19-17-12-14(2)20(3)18-7-5-4-6-16(17)18/h4-11,14,17,19H,12H2,1-3H3. The van der Waals surface area contributed by atoms with Gasteiger partial charge in [-0.1, -0.05) is 35.9 Å². The Morgan fingerprint density at radius 2 is 1.75 bits per heavy atom. The van der Waals surface area contributed by atoms with Gasteiger partial charge in [-0.3, -0.25) is 0 Å². The number of nitrogens with zero attached hydrogens (tertiary/aromatic N) is 1. The maximum Gasteiger partial charge on any atom is 0.0553 e. The number of benzene rings is 2. The first-order valence-electron chi connectivity index (χ1n) is 7.30. The SMILES string of the molecule is Cc1ccc(NC2CC(C)N(C)c3ccccc32)cc1. The topological polar surface area (TPSA) is 15.3 Å². The summed E-state index contributed by atoms with van der Waals surface area (Å²) < 4.78 is 0. The van der Waals surface area contributed by atoms with Crippen molar-refractivity contribution in [3.8, 4) is 0 Å². The highest BCUT2D eigenvalue weighted by Gasteiger charge is 2.27. The van der Waals surface area contributed by atoms with Crippen LogP contribution in [0.1, 0.15) is 30.5 Å². The smallest absolute Gasteiger partial charge is 0.0553 e. The fraction of sp³-hybridized carbons (Fsp3) is 0.333. The third-order valence-corrected chi connectivity index (χ3v) is 4.32. The van der Waals surface area contributed by atoms with E-state index in [1.807, 2.05) is 0 Å². The van der Waals surface area contributed by atoms with Crippen molar-refractivity contribution in [3.63, 3.8) is 0 Å². The van der Waals surface area contributed by atoms with Gasteiger partial charge in [0, 0.05) is 24.5 Å². The second kappa shape index (κ2) is 5.20. The van der Waals surface area contributed by atoms with Gasteiger partial charge in [0.05, 0.1) is 6.04 Å². The molecule has 0 aliphatic carbocycles. The molecule has 104 valence electrons. The van der Waals surface area contributed by atoms with Crippen molar-refractivity contribution in [2.45, 2.75) is 32.4 Å². The van der Waals surface area contributed by atoms with Crippen LogP contribution in [0.4, 0.5) is 11.4 Å². The summed E-state index contributed by atoms with van der Waals surface area (Å²) in [5.41, 5.74) is 5.24. The molecule has 2 atom stereocenters. The third-order valence-electron chi connectivity index (χ3n) is 4.32. The molecule has 20 heavy (non-hydrogen) atoms. The molecule has 2 unspecified atom stereocenters. The average molecular weight is 266 g/mol. The predicted octanol–water partition coefficient (Wildman–Crippen LogP) is 4.38. The van der Waals surface area contributed by atoms with Gasteiger partial charge in [0.1, 0.15) is 0 Å². The number of hydrogen-bond acceptors (Lipinski definition) is 2. The molecule has 1 heterocycles. The molecule has 1 aliphatic heterocycles. The molecule has 0 saturated carbocycles. The summed E-state index contributed by atoms with van der Waals surface area (Å²) >= 11 is 0. The van der Waals surface area contributed by atoms with Crippen LogP contribution in [0.2, 0.25) is 0 Å². The van der Waals surface area contributed by atoms with E-state index in [4.69, 9.17) is 0 Å². The average Bonchev–Trinajstić information content (AvgIpc) is 2.47. The Morgan fingerprint density at radius 3 is 2.50 bits per heavy atom.